The molecule has 5 heteroatoms. The second kappa shape index (κ2) is 6.83. The molecule has 0 saturated carbocycles. The fraction of sp³-hybridized carbons (Fsp3) is 0.909. The van der Waals surface area contributed by atoms with Crippen LogP contribution in [0.1, 0.15) is 6.42 Å². The van der Waals surface area contributed by atoms with Crippen LogP contribution in [0.25, 0.3) is 0 Å². The molecule has 0 aliphatic carbocycles. The quantitative estimate of drug-likeness (QED) is 0.662. The van der Waals surface area contributed by atoms with Gasteiger partial charge in [0.05, 0.1) is 6.54 Å². The van der Waals surface area contributed by atoms with Gasteiger partial charge in [-0.05, 0) is 6.42 Å². The van der Waals surface area contributed by atoms with Crippen LogP contribution >= 0.6 is 0 Å². The van der Waals surface area contributed by atoms with Crippen molar-refractivity contribution < 1.29 is 9.90 Å². The first kappa shape index (κ1) is 13.4. The lowest BCUT2D eigenvalue weighted by atomic mass is 10.3. The first-order valence-electron chi connectivity index (χ1n) is 5.89. The normalized spacial score (nSPS) is 18.7. The van der Waals surface area contributed by atoms with Crippen LogP contribution in [-0.4, -0.2) is 85.7 Å². The maximum absolute atomic E-state index is 11.5. The second-order valence-electron chi connectivity index (χ2n) is 4.48. The summed E-state index contributed by atoms with van der Waals surface area (Å²) in [5.41, 5.74) is 0. The largest absolute Gasteiger partial charge is 0.396 e. The zero-order valence-corrected chi connectivity index (χ0v) is 10.4. The third-order valence-electron chi connectivity index (χ3n) is 2.96. The number of hydrogen-bond acceptors (Lipinski definition) is 4. The number of nitrogens with zero attached hydrogens (tertiary/aromatic N) is 3. The molecule has 0 spiro atoms. The lowest BCUT2D eigenvalue weighted by molar-refractivity contribution is -0.130. The molecule has 1 fully saturated rings. The summed E-state index contributed by atoms with van der Waals surface area (Å²) in [4.78, 5) is 17.7. The highest BCUT2D eigenvalue weighted by Crippen LogP contribution is 2.02. The summed E-state index contributed by atoms with van der Waals surface area (Å²) in [7, 11) is 3.58. The summed E-state index contributed by atoms with van der Waals surface area (Å²) < 4.78 is 0. The van der Waals surface area contributed by atoms with Gasteiger partial charge in [0.25, 0.3) is 0 Å². The average molecular weight is 229 g/mol. The van der Waals surface area contributed by atoms with Gasteiger partial charge in [0.1, 0.15) is 0 Å². The van der Waals surface area contributed by atoms with Crippen LogP contribution in [0.3, 0.4) is 0 Å². The Morgan fingerprint density at radius 3 is 2.25 bits per heavy atom. The summed E-state index contributed by atoms with van der Waals surface area (Å²) in [6.07, 6.45) is 0.844. The zero-order chi connectivity index (χ0) is 12.0. The number of aliphatic hydroxyl groups is 1. The number of carbonyl (C=O) groups excluding carboxylic acids is 1. The van der Waals surface area contributed by atoms with Crippen molar-refractivity contribution in [1.29, 1.82) is 0 Å². The first-order chi connectivity index (χ1) is 7.63. The fourth-order valence-electron chi connectivity index (χ4n) is 1.80. The predicted octanol–water partition coefficient (Wildman–Crippen LogP) is -0.925. The van der Waals surface area contributed by atoms with E-state index in [0.29, 0.717) is 6.54 Å². The van der Waals surface area contributed by atoms with Gasteiger partial charge in [-0.1, -0.05) is 0 Å². The lowest BCUT2D eigenvalue weighted by Crippen LogP contribution is -2.49. The molecule has 0 aromatic heterocycles. The molecule has 16 heavy (non-hydrogen) atoms. The summed E-state index contributed by atoms with van der Waals surface area (Å²) in [5.74, 6) is 0.170. The van der Waals surface area contributed by atoms with E-state index in [-0.39, 0.29) is 12.5 Å². The van der Waals surface area contributed by atoms with E-state index >= 15 is 0 Å². The minimum atomic E-state index is 0.170. The SMILES string of the molecule is CN(C)C(=O)CN1CCN(CCCO)CC1. The molecule has 1 aliphatic rings. The molecule has 0 bridgehead atoms. The van der Waals surface area contributed by atoms with Gasteiger partial charge in [-0.2, -0.15) is 0 Å². The molecule has 0 aromatic carbocycles. The monoisotopic (exact) mass is 229 g/mol. The molecule has 5 nitrogen and oxygen atoms in total. The second-order valence-corrected chi connectivity index (χ2v) is 4.48. The van der Waals surface area contributed by atoms with Crippen molar-refractivity contribution in [3.63, 3.8) is 0 Å². The molecule has 0 radical (unpaired) electrons. The van der Waals surface area contributed by atoms with E-state index in [0.717, 1.165) is 39.1 Å². The highest BCUT2D eigenvalue weighted by molar-refractivity contribution is 5.77. The van der Waals surface area contributed by atoms with Crippen molar-refractivity contribution in [2.75, 3.05) is 60.0 Å². The molecule has 1 amide bonds. The standard InChI is InChI=1S/C11H23N3O2/c1-12(2)11(16)10-14-7-5-13(6-8-14)4-3-9-15/h15H,3-10H2,1-2H3. The molecule has 1 N–H and O–H groups in total. The number of aliphatic hydroxyl groups excluding tert-OH is 1. The van der Waals surface area contributed by atoms with Gasteiger partial charge in [-0.15, -0.1) is 0 Å². The molecular formula is C11H23N3O2. The number of likely N-dealkylation sites (N-methyl/N-ethyl adjacent to an activating group) is 1. The minimum Gasteiger partial charge on any atom is -0.396 e. The van der Waals surface area contributed by atoms with Crippen LogP contribution in [0.2, 0.25) is 0 Å². The minimum absolute atomic E-state index is 0.170. The summed E-state index contributed by atoms with van der Waals surface area (Å²) >= 11 is 0. The number of amides is 1. The van der Waals surface area contributed by atoms with E-state index in [2.05, 4.69) is 9.80 Å². The number of rotatable bonds is 5. The van der Waals surface area contributed by atoms with Crippen molar-refractivity contribution in [3.8, 4) is 0 Å². The Morgan fingerprint density at radius 2 is 1.75 bits per heavy atom. The summed E-state index contributed by atoms with van der Waals surface area (Å²) in [6.45, 7) is 5.66. The Kier molecular flexibility index (Phi) is 5.73. The highest BCUT2D eigenvalue weighted by Gasteiger charge is 2.18. The van der Waals surface area contributed by atoms with Crippen molar-refractivity contribution in [3.05, 3.63) is 0 Å². The Bertz CT molecular complexity index is 213. The highest BCUT2D eigenvalue weighted by atomic mass is 16.3. The van der Waals surface area contributed by atoms with E-state index in [1.807, 2.05) is 0 Å². The average Bonchev–Trinajstić information content (AvgIpc) is 2.28. The maximum Gasteiger partial charge on any atom is 0.236 e. The van der Waals surface area contributed by atoms with Gasteiger partial charge >= 0.3 is 0 Å². The van der Waals surface area contributed by atoms with Gasteiger partial charge in [0, 0.05) is 53.4 Å². The smallest absolute Gasteiger partial charge is 0.236 e. The first-order valence-corrected chi connectivity index (χ1v) is 5.89. The molecule has 1 heterocycles. The summed E-state index contributed by atoms with van der Waals surface area (Å²) in [5, 5.41) is 8.74. The van der Waals surface area contributed by atoms with Crippen LogP contribution in [0.4, 0.5) is 0 Å². The van der Waals surface area contributed by atoms with Crippen LogP contribution in [0, 0.1) is 0 Å². The van der Waals surface area contributed by atoms with Crippen molar-refractivity contribution in [1.82, 2.24) is 14.7 Å². The van der Waals surface area contributed by atoms with Gasteiger partial charge in [0.15, 0.2) is 0 Å². The van der Waals surface area contributed by atoms with Crippen molar-refractivity contribution in [2.45, 2.75) is 6.42 Å². The number of carbonyl (C=O) groups is 1. The van der Waals surface area contributed by atoms with Gasteiger partial charge in [0.2, 0.25) is 5.91 Å². The zero-order valence-electron chi connectivity index (χ0n) is 10.4. The van der Waals surface area contributed by atoms with Gasteiger partial charge in [-0.3, -0.25) is 9.69 Å². The maximum atomic E-state index is 11.5. The Morgan fingerprint density at radius 1 is 1.19 bits per heavy atom. The van der Waals surface area contributed by atoms with Crippen LogP contribution in [0.15, 0.2) is 0 Å². The van der Waals surface area contributed by atoms with Crippen molar-refractivity contribution >= 4 is 5.91 Å². The molecule has 1 aliphatic heterocycles. The van der Waals surface area contributed by atoms with Gasteiger partial charge in [-0.25, -0.2) is 0 Å². The number of hydrogen-bond donors (Lipinski definition) is 1. The molecule has 0 unspecified atom stereocenters. The van der Waals surface area contributed by atoms with E-state index in [1.54, 1.807) is 19.0 Å². The molecule has 0 aromatic rings. The van der Waals surface area contributed by atoms with Crippen LogP contribution in [-0.2, 0) is 4.79 Å². The van der Waals surface area contributed by atoms with E-state index in [4.69, 9.17) is 5.11 Å². The van der Waals surface area contributed by atoms with Crippen molar-refractivity contribution in [2.24, 2.45) is 0 Å². The summed E-state index contributed by atoms with van der Waals surface area (Å²) in [6, 6.07) is 0. The molecule has 0 atom stereocenters. The Hall–Kier alpha value is -0.650. The Balaban J connectivity index is 2.19. The third-order valence-corrected chi connectivity index (χ3v) is 2.96. The fourth-order valence-corrected chi connectivity index (χ4v) is 1.80. The lowest BCUT2D eigenvalue weighted by Gasteiger charge is -2.34. The van der Waals surface area contributed by atoms with E-state index in [1.165, 1.54) is 0 Å². The Labute approximate surface area is 97.6 Å². The third kappa shape index (κ3) is 4.47. The molecular weight excluding hydrogens is 206 g/mol. The molecule has 1 saturated heterocycles. The molecule has 1 rings (SSSR count). The van der Waals surface area contributed by atoms with E-state index in [9.17, 15) is 4.79 Å². The van der Waals surface area contributed by atoms with Gasteiger partial charge < -0.3 is 14.9 Å². The number of piperazine rings is 1. The predicted molar refractivity (Wildman–Crippen MR) is 63.3 cm³/mol. The van der Waals surface area contributed by atoms with E-state index < -0.39 is 0 Å². The van der Waals surface area contributed by atoms with Crippen LogP contribution < -0.4 is 0 Å². The molecule has 94 valence electrons. The van der Waals surface area contributed by atoms with Crippen LogP contribution in [0.5, 0.6) is 0 Å². The topological polar surface area (TPSA) is 47.0 Å².